The average Bonchev–Trinajstić information content (AvgIpc) is 2.55. The van der Waals surface area contributed by atoms with Crippen molar-refractivity contribution in [2.24, 2.45) is 0 Å². The van der Waals surface area contributed by atoms with Gasteiger partial charge in [0.15, 0.2) is 0 Å². The van der Waals surface area contributed by atoms with Crippen molar-refractivity contribution in [1.82, 2.24) is 0 Å². The topological polar surface area (TPSA) is 111 Å². The number of urea groups is 1. The summed E-state index contributed by atoms with van der Waals surface area (Å²) in [5.74, 6) is -0.474. The lowest BCUT2D eigenvalue weighted by molar-refractivity contribution is -0.384. The van der Waals surface area contributed by atoms with Gasteiger partial charge < -0.3 is 15.4 Å². The molecule has 0 atom stereocenters. The number of nitro groups is 1. The third kappa shape index (κ3) is 4.27. The van der Waals surface area contributed by atoms with Crippen molar-refractivity contribution in [2.75, 3.05) is 17.7 Å². The second-order valence-corrected chi connectivity index (χ2v) is 4.46. The fraction of sp³-hybridized carbons (Fsp3) is 0.0667. The normalized spacial score (nSPS) is 9.78. The van der Waals surface area contributed by atoms with Crippen LogP contribution in [-0.2, 0) is 4.74 Å². The molecule has 2 aromatic carbocycles. The largest absolute Gasteiger partial charge is 0.465 e. The van der Waals surface area contributed by atoms with Gasteiger partial charge in [-0.3, -0.25) is 10.1 Å². The van der Waals surface area contributed by atoms with Crippen LogP contribution in [0.25, 0.3) is 0 Å². The van der Waals surface area contributed by atoms with E-state index in [1.807, 2.05) is 0 Å². The first-order chi connectivity index (χ1) is 11.0. The van der Waals surface area contributed by atoms with E-state index < -0.39 is 16.9 Å². The first-order valence-corrected chi connectivity index (χ1v) is 6.50. The second-order valence-electron chi connectivity index (χ2n) is 4.46. The average molecular weight is 315 g/mol. The number of nitro benzene ring substituents is 1. The predicted octanol–water partition coefficient (Wildman–Crippen LogP) is 3.03. The molecule has 0 radical (unpaired) electrons. The molecule has 0 fully saturated rings. The van der Waals surface area contributed by atoms with Crippen LogP contribution < -0.4 is 10.6 Å². The van der Waals surface area contributed by atoms with E-state index in [1.165, 1.54) is 43.5 Å². The van der Waals surface area contributed by atoms with Gasteiger partial charge in [-0.2, -0.15) is 0 Å². The summed E-state index contributed by atoms with van der Waals surface area (Å²) in [7, 11) is 1.28. The number of ether oxygens (including phenoxy) is 1. The molecule has 23 heavy (non-hydrogen) atoms. The maximum Gasteiger partial charge on any atom is 0.337 e. The van der Waals surface area contributed by atoms with Gasteiger partial charge in [0, 0.05) is 23.5 Å². The highest BCUT2D eigenvalue weighted by Crippen LogP contribution is 2.17. The van der Waals surface area contributed by atoms with Gasteiger partial charge in [-0.05, 0) is 30.3 Å². The van der Waals surface area contributed by atoms with Crippen LogP contribution in [0.3, 0.4) is 0 Å². The number of benzene rings is 2. The molecular weight excluding hydrogens is 302 g/mol. The highest BCUT2D eigenvalue weighted by Gasteiger charge is 2.09. The smallest absolute Gasteiger partial charge is 0.337 e. The highest BCUT2D eigenvalue weighted by atomic mass is 16.6. The fourth-order valence-electron chi connectivity index (χ4n) is 1.80. The first-order valence-electron chi connectivity index (χ1n) is 6.50. The van der Waals surface area contributed by atoms with Crippen molar-refractivity contribution in [2.45, 2.75) is 0 Å². The van der Waals surface area contributed by atoms with E-state index in [-0.39, 0.29) is 5.69 Å². The number of nitrogens with one attached hydrogen (secondary N) is 2. The number of rotatable bonds is 4. The van der Waals surface area contributed by atoms with Gasteiger partial charge in [0.1, 0.15) is 0 Å². The number of methoxy groups -OCH3 is 1. The van der Waals surface area contributed by atoms with E-state index in [0.29, 0.717) is 16.9 Å². The molecule has 0 bridgehead atoms. The van der Waals surface area contributed by atoms with Crippen molar-refractivity contribution in [1.29, 1.82) is 0 Å². The minimum atomic E-state index is -0.559. The van der Waals surface area contributed by atoms with Crippen molar-refractivity contribution in [3.8, 4) is 0 Å². The van der Waals surface area contributed by atoms with Crippen molar-refractivity contribution >= 4 is 29.1 Å². The Hall–Kier alpha value is -3.42. The van der Waals surface area contributed by atoms with Crippen LogP contribution in [-0.4, -0.2) is 24.0 Å². The molecule has 0 spiro atoms. The van der Waals surface area contributed by atoms with Crippen LogP contribution in [0.4, 0.5) is 21.9 Å². The predicted molar refractivity (Wildman–Crippen MR) is 83.5 cm³/mol. The number of non-ortho nitro benzene ring substituents is 1. The number of hydrogen-bond acceptors (Lipinski definition) is 5. The third-order valence-electron chi connectivity index (χ3n) is 2.88. The van der Waals surface area contributed by atoms with E-state index in [0.717, 1.165) is 0 Å². The number of carbonyl (C=O) groups excluding carboxylic acids is 2. The summed E-state index contributed by atoms with van der Waals surface area (Å²) < 4.78 is 4.57. The Labute approximate surface area is 131 Å². The van der Waals surface area contributed by atoms with E-state index in [2.05, 4.69) is 15.4 Å². The molecule has 0 unspecified atom stereocenters. The van der Waals surface area contributed by atoms with E-state index >= 15 is 0 Å². The van der Waals surface area contributed by atoms with Crippen LogP contribution >= 0.6 is 0 Å². The number of anilines is 2. The summed E-state index contributed by atoms with van der Waals surface area (Å²) in [6.07, 6.45) is 0. The zero-order chi connectivity index (χ0) is 16.8. The highest BCUT2D eigenvalue weighted by molar-refractivity contribution is 6.00. The number of esters is 1. The number of hydrogen-bond donors (Lipinski definition) is 2. The van der Waals surface area contributed by atoms with Gasteiger partial charge in [-0.15, -0.1) is 0 Å². The summed E-state index contributed by atoms with van der Waals surface area (Å²) in [6, 6.07) is 11.1. The quantitative estimate of drug-likeness (QED) is 0.512. The van der Waals surface area contributed by atoms with Gasteiger partial charge in [-0.1, -0.05) is 6.07 Å². The third-order valence-corrected chi connectivity index (χ3v) is 2.88. The Bertz CT molecular complexity index is 743. The molecular formula is C15H13N3O5. The SMILES string of the molecule is COC(=O)c1ccc(NC(=O)Nc2cccc([N+](=O)[O-])c2)cc1. The van der Waals surface area contributed by atoms with Gasteiger partial charge in [-0.25, -0.2) is 9.59 Å². The Balaban J connectivity index is 2.01. The summed E-state index contributed by atoms with van der Waals surface area (Å²) in [5.41, 5.74) is 0.992. The summed E-state index contributed by atoms with van der Waals surface area (Å²) >= 11 is 0. The Morgan fingerprint density at radius 1 is 1.04 bits per heavy atom. The van der Waals surface area contributed by atoms with Gasteiger partial charge in [0.25, 0.3) is 5.69 Å². The van der Waals surface area contributed by atoms with E-state index in [9.17, 15) is 19.7 Å². The minimum Gasteiger partial charge on any atom is -0.465 e. The van der Waals surface area contributed by atoms with E-state index in [1.54, 1.807) is 12.1 Å². The lowest BCUT2D eigenvalue weighted by Crippen LogP contribution is -2.19. The Kier molecular flexibility index (Phi) is 4.88. The van der Waals surface area contributed by atoms with Crippen LogP contribution in [0, 0.1) is 10.1 Å². The minimum absolute atomic E-state index is 0.120. The van der Waals surface area contributed by atoms with Gasteiger partial charge in [0.05, 0.1) is 17.6 Å². The van der Waals surface area contributed by atoms with Crippen LogP contribution in [0.1, 0.15) is 10.4 Å². The number of nitrogens with zero attached hydrogens (tertiary/aromatic N) is 1. The van der Waals surface area contributed by atoms with Crippen LogP contribution in [0.5, 0.6) is 0 Å². The molecule has 0 heterocycles. The van der Waals surface area contributed by atoms with Crippen LogP contribution in [0.15, 0.2) is 48.5 Å². The molecule has 0 saturated carbocycles. The van der Waals surface area contributed by atoms with Gasteiger partial charge in [0.2, 0.25) is 0 Å². The molecule has 8 nitrogen and oxygen atoms in total. The maximum absolute atomic E-state index is 11.9. The van der Waals surface area contributed by atoms with Crippen molar-refractivity contribution in [3.05, 3.63) is 64.2 Å². The van der Waals surface area contributed by atoms with Crippen molar-refractivity contribution < 1.29 is 19.2 Å². The molecule has 8 heteroatoms. The number of amides is 2. The number of carbonyl (C=O) groups is 2. The summed E-state index contributed by atoms with van der Waals surface area (Å²) in [6.45, 7) is 0. The van der Waals surface area contributed by atoms with Crippen LogP contribution in [0.2, 0.25) is 0 Å². The molecule has 0 saturated heterocycles. The first kappa shape index (κ1) is 16.0. The molecule has 2 aromatic rings. The molecule has 2 N–H and O–H groups in total. The summed E-state index contributed by atoms with van der Waals surface area (Å²) in [5, 5.41) is 15.7. The second kappa shape index (κ2) is 7.03. The van der Waals surface area contributed by atoms with Crippen molar-refractivity contribution in [3.63, 3.8) is 0 Å². The van der Waals surface area contributed by atoms with E-state index in [4.69, 9.17) is 0 Å². The lowest BCUT2D eigenvalue weighted by Gasteiger charge is -2.08. The molecule has 0 aliphatic rings. The molecule has 2 amide bonds. The molecule has 0 aliphatic heterocycles. The molecule has 2 rings (SSSR count). The molecule has 0 aliphatic carbocycles. The Morgan fingerprint density at radius 2 is 1.70 bits per heavy atom. The fourth-order valence-corrected chi connectivity index (χ4v) is 1.80. The monoisotopic (exact) mass is 315 g/mol. The standard InChI is InChI=1S/C15H13N3O5/c1-23-14(19)10-5-7-11(8-6-10)16-15(20)17-12-3-2-4-13(9-12)18(21)22/h2-9H,1H3,(H2,16,17,20). The molecule has 0 aromatic heterocycles. The summed E-state index contributed by atoms with van der Waals surface area (Å²) in [4.78, 5) is 33.3. The zero-order valence-corrected chi connectivity index (χ0v) is 12.1. The molecule has 118 valence electrons. The van der Waals surface area contributed by atoms with Gasteiger partial charge >= 0.3 is 12.0 Å². The Morgan fingerprint density at radius 3 is 2.30 bits per heavy atom. The maximum atomic E-state index is 11.9. The lowest BCUT2D eigenvalue weighted by atomic mass is 10.2. The zero-order valence-electron chi connectivity index (χ0n) is 12.1.